The summed E-state index contributed by atoms with van der Waals surface area (Å²) in [6.07, 6.45) is 1.84. The zero-order chi connectivity index (χ0) is 17.3. The molecule has 0 amide bonds. The molecule has 0 N–H and O–H groups in total. The molecule has 1 aliphatic heterocycles. The Kier molecular flexibility index (Phi) is 3.89. The second-order valence-corrected chi connectivity index (χ2v) is 7.02. The van der Waals surface area contributed by atoms with Crippen molar-refractivity contribution in [1.82, 2.24) is 4.98 Å². The number of sulfonamides is 1. The molecule has 0 fully saturated rings. The minimum atomic E-state index is -3.91. The second kappa shape index (κ2) is 6.21. The highest BCUT2D eigenvalue weighted by atomic mass is 32.2. The molecular weight excluding hydrogens is 344 g/mol. The van der Waals surface area contributed by atoms with E-state index < -0.39 is 10.0 Å². The fourth-order valence-electron chi connectivity index (χ4n) is 2.42. The SMILES string of the molecule is O=S(=O)(/N=C/c1nc2ccccc2o1)c1ccc2c(c1)OCCCO2. The summed E-state index contributed by atoms with van der Waals surface area (Å²) >= 11 is 0. The van der Waals surface area contributed by atoms with Gasteiger partial charge in [0, 0.05) is 12.5 Å². The molecular formula is C17H14N2O5S. The summed E-state index contributed by atoms with van der Waals surface area (Å²) in [7, 11) is -3.91. The Labute approximate surface area is 144 Å². The Morgan fingerprint density at radius 3 is 2.68 bits per heavy atom. The van der Waals surface area contributed by atoms with Gasteiger partial charge in [0.1, 0.15) is 11.7 Å². The van der Waals surface area contributed by atoms with E-state index in [-0.39, 0.29) is 10.8 Å². The summed E-state index contributed by atoms with van der Waals surface area (Å²) in [4.78, 5) is 4.18. The normalized spacial score (nSPS) is 14.7. The summed E-state index contributed by atoms with van der Waals surface area (Å²) in [6.45, 7) is 1.01. The zero-order valence-corrected chi connectivity index (χ0v) is 13.9. The molecule has 0 aliphatic carbocycles. The Morgan fingerprint density at radius 1 is 1.04 bits per heavy atom. The molecule has 1 aliphatic rings. The minimum Gasteiger partial charge on any atom is -0.490 e. The van der Waals surface area contributed by atoms with E-state index in [1.54, 1.807) is 18.2 Å². The fourth-order valence-corrected chi connectivity index (χ4v) is 3.27. The molecule has 4 rings (SSSR count). The molecule has 8 heteroatoms. The Balaban J connectivity index is 1.64. The van der Waals surface area contributed by atoms with Gasteiger partial charge in [-0.25, -0.2) is 4.98 Å². The molecule has 1 aromatic heterocycles. The second-order valence-electron chi connectivity index (χ2n) is 5.39. The first-order valence-electron chi connectivity index (χ1n) is 7.67. The molecule has 3 aromatic rings. The number of hydrogen-bond acceptors (Lipinski definition) is 6. The lowest BCUT2D eigenvalue weighted by atomic mass is 10.3. The summed E-state index contributed by atoms with van der Waals surface area (Å²) in [6, 6.07) is 11.6. The van der Waals surface area contributed by atoms with Crippen molar-refractivity contribution in [3.63, 3.8) is 0 Å². The van der Waals surface area contributed by atoms with E-state index in [4.69, 9.17) is 13.9 Å². The predicted octanol–water partition coefficient (Wildman–Crippen LogP) is 2.80. The molecule has 2 heterocycles. The summed E-state index contributed by atoms with van der Waals surface area (Å²) < 4.78 is 45.0. The number of hydrogen-bond donors (Lipinski definition) is 0. The van der Waals surface area contributed by atoms with Gasteiger partial charge in [0.2, 0.25) is 5.89 Å². The van der Waals surface area contributed by atoms with Crippen LogP contribution in [-0.2, 0) is 10.0 Å². The van der Waals surface area contributed by atoms with Gasteiger partial charge in [0.05, 0.1) is 18.1 Å². The highest BCUT2D eigenvalue weighted by molar-refractivity contribution is 7.90. The van der Waals surface area contributed by atoms with Crippen LogP contribution in [0.3, 0.4) is 0 Å². The number of nitrogens with zero attached hydrogens (tertiary/aromatic N) is 2. The molecule has 0 saturated carbocycles. The van der Waals surface area contributed by atoms with E-state index in [2.05, 4.69) is 9.38 Å². The van der Waals surface area contributed by atoms with Crippen molar-refractivity contribution in [1.29, 1.82) is 0 Å². The van der Waals surface area contributed by atoms with Crippen LogP contribution in [0.25, 0.3) is 11.1 Å². The van der Waals surface area contributed by atoms with Gasteiger partial charge in [-0.2, -0.15) is 12.8 Å². The van der Waals surface area contributed by atoms with Crippen molar-refractivity contribution in [2.45, 2.75) is 11.3 Å². The van der Waals surface area contributed by atoms with Crippen LogP contribution >= 0.6 is 0 Å². The molecule has 7 nitrogen and oxygen atoms in total. The largest absolute Gasteiger partial charge is 0.490 e. The van der Waals surface area contributed by atoms with Crippen LogP contribution in [0, 0.1) is 0 Å². The first-order chi connectivity index (χ1) is 12.1. The number of fused-ring (bicyclic) bond motifs is 2. The molecule has 0 saturated heterocycles. The van der Waals surface area contributed by atoms with Crippen molar-refractivity contribution in [2.24, 2.45) is 4.40 Å². The summed E-state index contributed by atoms with van der Waals surface area (Å²) in [5.41, 5.74) is 1.20. The van der Waals surface area contributed by atoms with Crippen LogP contribution < -0.4 is 9.47 Å². The van der Waals surface area contributed by atoms with Crippen LogP contribution in [0.15, 0.2) is 56.2 Å². The number of benzene rings is 2. The van der Waals surface area contributed by atoms with Crippen LogP contribution in [0.4, 0.5) is 0 Å². The van der Waals surface area contributed by atoms with Gasteiger partial charge in [-0.1, -0.05) is 12.1 Å². The Hall–Kier alpha value is -2.87. The van der Waals surface area contributed by atoms with Crippen molar-refractivity contribution in [2.75, 3.05) is 13.2 Å². The summed E-state index contributed by atoms with van der Waals surface area (Å²) in [5, 5.41) is 0. The van der Waals surface area contributed by atoms with Gasteiger partial charge in [-0.05, 0) is 24.3 Å². The Morgan fingerprint density at radius 2 is 1.84 bits per heavy atom. The topological polar surface area (TPSA) is 91.0 Å². The van der Waals surface area contributed by atoms with Crippen LogP contribution in [0.1, 0.15) is 12.3 Å². The van der Waals surface area contributed by atoms with E-state index in [0.29, 0.717) is 35.8 Å². The lowest BCUT2D eigenvalue weighted by molar-refractivity contribution is 0.297. The average Bonchev–Trinajstić information content (AvgIpc) is 2.89. The molecule has 0 unspecified atom stereocenters. The molecule has 0 spiro atoms. The first kappa shape index (κ1) is 15.6. The monoisotopic (exact) mass is 358 g/mol. The lowest BCUT2D eigenvalue weighted by Gasteiger charge is -2.08. The molecule has 25 heavy (non-hydrogen) atoms. The maximum atomic E-state index is 12.4. The number of para-hydroxylation sites is 2. The fraction of sp³-hybridized carbons (Fsp3) is 0.176. The number of oxazole rings is 1. The Bertz CT molecular complexity index is 1020. The standard InChI is InChI=1S/C17H14N2O5S/c20-25(21,12-6-7-15-16(10-12)23-9-3-8-22-15)18-11-17-19-13-4-1-2-5-14(13)24-17/h1-2,4-7,10-11H,3,8-9H2/b18-11+. The number of rotatable bonds is 3. The zero-order valence-electron chi connectivity index (χ0n) is 13.1. The van der Waals surface area contributed by atoms with Crippen molar-refractivity contribution in [3.05, 3.63) is 48.4 Å². The molecule has 2 aromatic carbocycles. The van der Waals surface area contributed by atoms with Crippen LogP contribution in [0.5, 0.6) is 11.5 Å². The molecule has 0 radical (unpaired) electrons. The third kappa shape index (κ3) is 3.20. The average molecular weight is 358 g/mol. The third-order valence-corrected chi connectivity index (χ3v) is 4.86. The number of aromatic nitrogens is 1. The van der Waals surface area contributed by atoms with Gasteiger partial charge >= 0.3 is 0 Å². The van der Waals surface area contributed by atoms with Crippen molar-refractivity contribution >= 4 is 27.3 Å². The van der Waals surface area contributed by atoms with E-state index in [0.717, 1.165) is 12.6 Å². The molecule has 128 valence electrons. The highest BCUT2D eigenvalue weighted by Gasteiger charge is 2.18. The van der Waals surface area contributed by atoms with Gasteiger partial charge in [0.25, 0.3) is 10.0 Å². The predicted molar refractivity (Wildman–Crippen MR) is 90.8 cm³/mol. The van der Waals surface area contributed by atoms with Gasteiger partial charge < -0.3 is 13.9 Å². The quantitative estimate of drug-likeness (QED) is 0.669. The first-order valence-corrected chi connectivity index (χ1v) is 9.11. The minimum absolute atomic E-state index is 0.0177. The highest BCUT2D eigenvalue weighted by Crippen LogP contribution is 2.32. The summed E-state index contributed by atoms with van der Waals surface area (Å²) in [5.74, 6) is 1.05. The van der Waals surface area contributed by atoms with Gasteiger partial charge in [-0.3, -0.25) is 0 Å². The van der Waals surface area contributed by atoms with Crippen molar-refractivity contribution < 1.29 is 22.3 Å². The third-order valence-electron chi connectivity index (χ3n) is 3.63. The molecule has 0 bridgehead atoms. The maximum absolute atomic E-state index is 12.4. The van der Waals surface area contributed by atoms with Gasteiger partial charge in [0.15, 0.2) is 17.1 Å². The van der Waals surface area contributed by atoms with Crippen molar-refractivity contribution in [3.8, 4) is 11.5 Å². The van der Waals surface area contributed by atoms with Gasteiger partial charge in [-0.15, -0.1) is 0 Å². The van der Waals surface area contributed by atoms with Crippen LogP contribution in [-0.4, -0.2) is 32.8 Å². The number of ether oxygens (including phenoxy) is 2. The lowest BCUT2D eigenvalue weighted by Crippen LogP contribution is -2.00. The maximum Gasteiger partial charge on any atom is 0.282 e. The van der Waals surface area contributed by atoms with E-state index in [1.165, 1.54) is 12.1 Å². The van der Waals surface area contributed by atoms with E-state index in [1.807, 2.05) is 12.1 Å². The molecule has 0 atom stereocenters. The van der Waals surface area contributed by atoms with Crippen LogP contribution in [0.2, 0.25) is 0 Å². The van der Waals surface area contributed by atoms with E-state index in [9.17, 15) is 8.42 Å². The smallest absolute Gasteiger partial charge is 0.282 e. The van der Waals surface area contributed by atoms with E-state index >= 15 is 0 Å².